The van der Waals surface area contributed by atoms with Crippen molar-refractivity contribution in [1.29, 1.82) is 0 Å². The molecule has 2 heterocycles. The van der Waals surface area contributed by atoms with E-state index in [1.807, 2.05) is 11.8 Å². The topological polar surface area (TPSA) is 32.8 Å². The van der Waals surface area contributed by atoms with Gasteiger partial charge in [-0.15, -0.1) is 0 Å². The Kier molecular flexibility index (Phi) is 6.21. The Labute approximate surface area is 138 Å². The highest BCUT2D eigenvalue weighted by atomic mass is 32.2. The molecule has 1 amide bonds. The molecule has 22 heavy (non-hydrogen) atoms. The van der Waals surface area contributed by atoms with Crippen molar-refractivity contribution in [2.45, 2.75) is 31.7 Å². The van der Waals surface area contributed by atoms with E-state index in [2.05, 4.69) is 22.0 Å². The first-order valence-electron chi connectivity index (χ1n) is 8.68. The summed E-state index contributed by atoms with van der Waals surface area (Å²) in [4.78, 5) is 17.7. The van der Waals surface area contributed by atoms with Crippen molar-refractivity contribution in [3.63, 3.8) is 0 Å². The number of carbonyl (C=O) groups is 1. The van der Waals surface area contributed by atoms with Crippen LogP contribution in [0.5, 0.6) is 0 Å². The zero-order valence-corrected chi connectivity index (χ0v) is 14.2. The molecule has 4 nitrogen and oxygen atoms in total. The van der Waals surface area contributed by atoms with E-state index in [9.17, 15) is 4.79 Å². The van der Waals surface area contributed by atoms with Gasteiger partial charge >= 0.3 is 0 Å². The van der Waals surface area contributed by atoms with Gasteiger partial charge in [0.1, 0.15) is 0 Å². The van der Waals surface area contributed by atoms with Crippen LogP contribution in [0, 0.1) is 5.92 Å². The van der Waals surface area contributed by atoms with Crippen LogP contribution in [-0.4, -0.2) is 72.6 Å². The van der Waals surface area contributed by atoms with E-state index in [1.54, 1.807) is 0 Å². The number of thioether (sulfide) groups is 1. The molecule has 0 spiro atoms. The van der Waals surface area contributed by atoms with Crippen LogP contribution in [0.2, 0.25) is 0 Å². The first-order chi connectivity index (χ1) is 10.8. The number of carbonyl (C=O) groups excluding carboxylic acids is 1. The van der Waals surface area contributed by atoms with Crippen LogP contribution in [0.4, 0.5) is 0 Å². The van der Waals surface area contributed by atoms with Gasteiger partial charge in [-0.2, -0.15) is 11.8 Å². The molecule has 0 unspecified atom stereocenters. The monoisotopic (exact) mass is 324 g/mol. The predicted octanol–water partition coefficient (Wildman–Crippen LogP) is 2.01. The smallest absolute Gasteiger partial charge is 0.226 e. The van der Waals surface area contributed by atoms with E-state index < -0.39 is 0 Å². The Bertz CT molecular complexity index is 396. The molecule has 2 saturated heterocycles. The van der Waals surface area contributed by atoms with Crippen molar-refractivity contribution < 1.29 is 9.53 Å². The molecule has 0 radical (unpaired) electrons. The third-order valence-corrected chi connectivity index (χ3v) is 6.11. The van der Waals surface area contributed by atoms with Crippen molar-refractivity contribution in [2.75, 3.05) is 50.9 Å². The summed E-state index contributed by atoms with van der Waals surface area (Å²) in [6, 6.07) is 0.379. The minimum atomic E-state index is 0.222. The largest absolute Gasteiger partial charge is 0.379 e. The number of hydrogen-bond donors (Lipinski definition) is 0. The molecular formula is C17H28N2O2S. The highest BCUT2D eigenvalue weighted by Crippen LogP contribution is 2.25. The van der Waals surface area contributed by atoms with E-state index in [1.165, 1.54) is 5.75 Å². The maximum atomic E-state index is 13.0. The van der Waals surface area contributed by atoms with E-state index in [0.29, 0.717) is 11.9 Å². The molecule has 0 saturated carbocycles. The molecular weight excluding hydrogens is 296 g/mol. The third-order valence-electron chi connectivity index (χ3n) is 4.91. The molecule has 1 aliphatic carbocycles. The maximum absolute atomic E-state index is 13.0. The summed E-state index contributed by atoms with van der Waals surface area (Å²) in [6.07, 6.45) is 8.57. The molecule has 0 aromatic heterocycles. The normalized spacial score (nSPS) is 31.0. The molecule has 124 valence electrons. The number of morpholine rings is 1. The molecule has 2 atom stereocenters. The van der Waals surface area contributed by atoms with Crippen molar-refractivity contribution in [2.24, 2.45) is 5.92 Å². The molecule has 3 rings (SSSR count). The highest BCUT2D eigenvalue weighted by molar-refractivity contribution is 7.99. The van der Waals surface area contributed by atoms with Gasteiger partial charge in [0.05, 0.1) is 19.3 Å². The first-order valence-corrected chi connectivity index (χ1v) is 9.83. The summed E-state index contributed by atoms with van der Waals surface area (Å²) in [5, 5.41) is 0. The van der Waals surface area contributed by atoms with Crippen molar-refractivity contribution in [1.82, 2.24) is 9.80 Å². The molecule has 0 N–H and O–H groups in total. The summed E-state index contributed by atoms with van der Waals surface area (Å²) < 4.78 is 5.45. The summed E-state index contributed by atoms with van der Waals surface area (Å²) in [7, 11) is 0. The Morgan fingerprint density at radius 1 is 1.23 bits per heavy atom. The summed E-state index contributed by atoms with van der Waals surface area (Å²) in [5.41, 5.74) is 0. The van der Waals surface area contributed by atoms with Gasteiger partial charge in [-0.25, -0.2) is 0 Å². The van der Waals surface area contributed by atoms with Crippen LogP contribution in [0.15, 0.2) is 12.2 Å². The lowest BCUT2D eigenvalue weighted by molar-refractivity contribution is -0.138. The second-order valence-corrected chi connectivity index (χ2v) is 7.66. The van der Waals surface area contributed by atoms with Crippen LogP contribution in [-0.2, 0) is 9.53 Å². The fraction of sp³-hybridized carbons (Fsp3) is 0.824. The van der Waals surface area contributed by atoms with E-state index in [-0.39, 0.29) is 5.92 Å². The third kappa shape index (κ3) is 4.27. The van der Waals surface area contributed by atoms with E-state index in [4.69, 9.17) is 4.74 Å². The van der Waals surface area contributed by atoms with Crippen LogP contribution in [0.3, 0.4) is 0 Å². The number of allylic oxidation sites excluding steroid dienone is 2. The Morgan fingerprint density at radius 2 is 2.09 bits per heavy atom. The van der Waals surface area contributed by atoms with Gasteiger partial charge in [0, 0.05) is 37.8 Å². The van der Waals surface area contributed by atoms with E-state index in [0.717, 1.165) is 70.8 Å². The molecule has 3 aliphatic rings. The molecule has 0 aromatic rings. The van der Waals surface area contributed by atoms with Crippen LogP contribution in [0.25, 0.3) is 0 Å². The first kappa shape index (κ1) is 16.3. The summed E-state index contributed by atoms with van der Waals surface area (Å²) >= 11 is 2.01. The van der Waals surface area contributed by atoms with Crippen LogP contribution < -0.4 is 0 Å². The molecule has 5 heteroatoms. The molecule has 0 bridgehead atoms. The number of hydrogen-bond acceptors (Lipinski definition) is 4. The van der Waals surface area contributed by atoms with Gasteiger partial charge in [-0.3, -0.25) is 9.69 Å². The quantitative estimate of drug-likeness (QED) is 0.744. The summed E-state index contributed by atoms with van der Waals surface area (Å²) in [5.74, 6) is 2.91. The fourth-order valence-corrected chi connectivity index (χ4v) is 4.66. The number of nitrogens with zero attached hydrogens (tertiary/aromatic N) is 2. The van der Waals surface area contributed by atoms with Gasteiger partial charge in [0.15, 0.2) is 0 Å². The fourth-order valence-electron chi connectivity index (χ4n) is 3.60. The highest BCUT2D eigenvalue weighted by Gasteiger charge is 2.31. The second-order valence-electron chi connectivity index (χ2n) is 6.51. The lowest BCUT2D eigenvalue weighted by Crippen LogP contribution is -2.51. The van der Waals surface area contributed by atoms with Crippen molar-refractivity contribution in [3.8, 4) is 0 Å². The molecule has 0 aromatic carbocycles. The Morgan fingerprint density at radius 3 is 2.86 bits per heavy atom. The zero-order chi connectivity index (χ0) is 15.2. The Balaban J connectivity index is 1.64. The second kappa shape index (κ2) is 8.37. The average Bonchev–Trinajstić information content (AvgIpc) is 2.81. The van der Waals surface area contributed by atoms with Crippen LogP contribution >= 0.6 is 11.8 Å². The minimum Gasteiger partial charge on any atom is -0.379 e. The van der Waals surface area contributed by atoms with Gasteiger partial charge < -0.3 is 9.64 Å². The van der Waals surface area contributed by atoms with Gasteiger partial charge in [0.25, 0.3) is 0 Å². The summed E-state index contributed by atoms with van der Waals surface area (Å²) in [6.45, 7) is 5.65. The number of rotatable bonds is 3. The number of amides is 1. The van der Waals surface area contributed by atoms with Gasteiger partial charge in [-0.05, 0) is 31.4 Å². The lowest BCUT2D eigenvalue weighted by Gasteiger charge is -2.37. The van der Waals surface area contributed by atoms with E-state index >= 15 is 0 Å². The van der Waals surface area contributed by atoms with Crippen molar-refractivity contribution in [3.05, 3.63) is 12.2 Å². The van der Waals surface area contributed by atoms with Crippen molar-refractivity contribution >= 4 is 17.7 Å². The zero-order valence-electron chi connectivity index (χ0n) is 13.4. The minimum absolute atomic E-state index is 0.222. The lowest BCUT2D eigenvalue weighted by atomic mass is 9.92. The average molecular weight is 324 g/mol. The van der Waals surface area contributed by atoms with Gasteiger partial charge in [0.2, 0.25) is 5.91 Å². The number of ether oxygens (including phenoxy) is 1. The predicted molar refractivity (Wildman–Crippen MR) is 91.2 cm³/mol. The van der Waals surface area contributed by atoms with Gasteiger partial charge in [-0.1, -0.05) is 12.2 Å². The Hall–Kier alpha value is -0.520. The standard InChI is InChI=1S/C17H28N2O2S/c20-17(15-5-2-1-3-6-15)19-7-4-12-22-14-16(19)13-18-8-10-21-11-9-18/h1-2,15-16H,3-14H2/t15-,16-/m1/s1. The molecule has 2 fully saturated rings. The molecule has 2 aliphatic heterocycles. The maximum Gasteiger partial charge on any atom is 0.226 e. The SMILES string of the molecule is O=C([C@@H]1CC=CCC1)N1CCCSC[C@H]1CN1CCOCC1. The van der Waals surface area contributed by atoms with Crippen LogP contribution in [0.1, 0.15) is 25.7 Å².